The molecule has 0 unspecified atom stereocenters. The number of nitrogens with two attached hydrogens (primary N) is 1. The van der Waals surface area contributed by atoms with Crippen molar-refractivity contribution < 1.29 is 14.6 Å². The predicted octanol–water partition coefficient (Wildman–Crippen LogP) is 0.305. The van der Waals surface area contributed by atoms with E-state index in [0.29, 0.717) is 43.0 Å². The number of benzene rings is 1. The first-order valence-corrected chi connectivity index (χ1v) is 10.2. The molecule has 3 rings (SSSR count). The van der Waals surface area contributed by atoms with Crippen molar-refractivity contribution in [2.75, 3.05) is 25.9 Å². The molecule has 0 atom stereocenters. The first-order chi connectivity index (χ1) is 14.9. The number of anilines is 1. The minimum absolute atomic E-state index is 0.119. The summed E-state index contributed by atoms with van der Waals surface area (Å²) in [6, 6.07) is 7.52. The third-order valence-corrected chi connectivity index (χ3v) is 4.86. The average molecular weight is 427 g/mol. The molecule has 0 aliphatic rings. The van der Waals surface area contributed by atoms with Crippen LogP contribution in [0.3, 0.4) is 0 Å². The number of nitrogen functional groups attached to an aromatic ring is 1. The molecule has 10 heteroatoms. The van der Waals surface area contributed by atoms with E-state index in [1.54, 1.807) is 6.07 Å². The van der Waals surface area contributed by atoms with Crippen molar-refractivity contribution in [3.8, 4) is 6.01 Å². The van der Waals surface area contributed by atoms with Crippen LogP contribution in [0.2, 0.25) is 0 Å². The standard InChI is InChI=1S/C21H28N6O4/c1-3-4-10-31-20-24-18(22)17-19(25-20)27(21(30)23-17)9-8-26(2)13-15-7-5-6-14(11-15)12-16(28)29/h5-7,11H,3-4,8-10,12-13H2,1-2H3,(H,23,30)(H,28,29)(H2,22,24,25)/p-1. The van der Waals surface area contributed by atoms with E-state index in [4.69, 9.17) is 10.5 Å². The van der Waals surface area contributed by atoms with Gasteiger partial charge in [-0.15, -0.1) is 0 Å². The van der Waals surface area contributed by atoms with Gasteiger partial charge in [0.2, 0.25) is 0 Å². The van der Waals surface area contributed by atoms with Crippen molar-refractivity contribution in [2.24, 2.45) is 0 Å². The fourth-order valence-electron chi connectivity index (χ4n) is 3.28. The topological polar surface area (TPSA) is 142 Å². The highest BCUT2D eigenvalue weighted by Gasteiger charge is 2.15. The SMILES string of the molecule is CCCCOc1nc(N)c2[nH]c(=O)n(CCN(C)Cc3cccc(CC(=O)[O-])c3)c2n1. The number of carboxylic acids is 1. The molecule has 3 N–H and O–H groups in total. The monoisotopic (exact) mass is 427 g/mol. The second-order valence-electron chi connectivity index (χ2n) is 7.48. The number of aromatic nitrogens is 4. The summed E-state index contributed by atoms with van der Waals surface area (Å²) in [5.74, 6) is -0.936. The maximum atomic E-state index is 12.4. The van der Waals surface area contributed by atoms with Gasteiger partial charge in [0.25, 0.3) is 0 Å². The van der Waals surface area contributed by atoms with E-state index in [0.717, 1.165) is 18.4 Å². The molecule has 0 aliphatic carbocycles. The molecule has 0 saturated carbocycles. The number of carbonyl (C=O) groups excluding carboxylic acids is 1. The Balaban J connectivity index is 1.70. The molecule has 0 spiro atoms. The minimum Gasteiger partial charge on any atom is -0.550 e. The lowest BCUT2D eigenvalue weighted by Crippen LogP contribution is -2.27. The maximum Gasteiger partial charge on any atom is 0.327 e. The molecule has 2 aromatic heterocycles. The molecule has 166 valence electrons. The second-order valence-corrected chi connectivity index (χ2v) is 7.48. The molecule has 1 aromatic carbocycles. The number of fused-ring (bicyclic) bond motifs is 1. The van der Waals surface area contributed by atoms with Crippen LogP contribution < -0.4 is 21.3 Å². The molecule has 31 heavy (non-hydrogen) atoms. The Kier molecular flexibility index (Phi) is 7.24. The molecule has 0 radical (unpaired) electrons. The van der Waals surface area contributed by atoms with E-state index in [1.165, 1.54) is 4.57 Å². The van der Waals surface area contributed by atoms with Gasteiger partial charge >= 0.3 is 11.7 Å². The molecule has 0 aliphatic heterocycles. The summed E-state index contributed by atoms with van der Waals surface area (Å²) in [6.07, 6.45) is 1.73. The van der Waals surface area contributed by atoms with E-state index in [9.17, 15) is 14.7 Å². The zero-order valence-corrected chi connectivity index (χ0v) is 17.8. The Morgan fingerprint density at radius 1 is 1.32 bits per heavy atom. The number of carbonyl (C=O) groups is 1. The number of aliphatic carboxylic acids is 1. The second kappa shape index (κ2) is 10.1. The van der Waals surface area contributed by atoms with Gasteiger partial charge in [-0.3, -0.25) is 4.57 Å². The molecule has 3 aromatic rings. The molecule has 0 amide bonds. The average Bonchev–Trinajstić information content (AvgIpc) is 3.02. The van der Waals surface area contributed by atoms with Crippen LogP contribution in [0.15, 0.2) is 29.1 Å². The fraction of sp³-hybridized carbons (Fsp3) is 0.429. The van der Waals surface area contributed by atoms with Crippen molar-refractivity contribution >= 4 is 23.0 Å². The maximum absolute atomic E-state index is 12.4. The van der Waals surface area contributed by atoms with Gasteiger partial charge in [-0.25, -0.2) is 4.79 Å². The van der Waals surface area contributed by atoms with Crippen LogP contribution in [0, 0.1) is 0 Å². The zero-order valence-electron chi connectivity index (χ0n) is 17.8. The molecule has 2 heterocycles. The number of hydrogen-bond donors (Lipinski definition) is 2. The largest absolute Gasteiger partial charge is 0.550 e. The molecular weight excluding hydrogens is 400 g/mol. The number of carboxylic acid groups (broad SMARTS) is 1. The highest BCUT2D eigenvalue weighted by molar-refractivity contribution is 5.81. The first kappa shape index (κ1) is 22.3. The summed E-state index contributed by atoms with van der Waals surface area (Å²) in [7, 11) is 1.92. The third-order valence-electron chi connectivity index (χ3n) is 4.86. The summed E-state index contributed by atoms with van der Waals surface area (Å²) < 4.78 is 7.07. The zero-order chi connectivity index (χ0) is 22.4. The molecule has 0 bridgehead atoms. The summed E-state index contributed by atoms with van der Waals surface area (Å²) >= 11 is 0. The highest BCUT2D eigenvalue weighted by atomic mass is 16.5. The summed E-state index contributed by atoms with van der Waals surface area (Å²) in [4.78, 5) is 36.5. The summed E-state index contributed by atoms with van der Waals surface area (Å²) in [5, 5.41) is 10.8. The number of nitrogens with one attached hydrogen (secondary N) is 1. The first-order valence-electron chi connectivity index (χ1n) is 10.2. The van der Waals surface area contributed by atoms with Crippen molar-refractivity contribution in [3.63, 3.8) is 0 Å². The van der Waals surface area contributed by atoms with Crippen molar-refractivity contribution in [1.29, 1.82) is 0 Å². The van der Waals surface area contributed by atoms with E-state index in [2.05, 4.69) is 21.9 Å². The number of likely N-dealkylation sites (N-methyl/N-ethyl adjacent to an activating group) is 1. The molecule has 0 saturated heterocycles. The van der Waals surface area contributed by atoms with E-state index >= 15 is 0 Å². The number of nitrogens with zero attached hydrogens (tertiary/aromatic N) is 4. The Bertz CT molecular complexity index is 1110. The summed E-state index contributed by atoms with van der Waals surface area (Å²) in [5.41, 5.74) is 8.14. The van der Waals surface area contributed by atoms with Gasteiger partial charge in [0.15, 0.2) is 11.5 Å². The predicted molar refractivity (Wildman–Crippen MR) is 114 cm³/mol. The van der Waals surface area contributed by atoms with Gasteiger partial charge in [-0.05, 0) is 24.6 Å². The van der Waals surface area contributed by atoms with Crippen LogP contribution in [0.4, 0.5) is 5.82 Å². The van der Waals surface area contributed by atoms with E-state index in [-0.39, 0.29) is 23.9 Å². The smallest absolute Gasteiger partial charge is 0.327 e. The number of hydrogen-bond acceptors (Lipinski definition) is 8. The Hall–Kier alpha value is -3.40. The van der Waals surface area contributed by atoms with Crippen LogP contribution in [0.25, 0.3) is 11.2 Å². The van der Waals surface area contributed by atoms with Crippen molar-refractivity contribution in [2.45, 2.75) is 39.3 Å². The lowest BCUT2D eigenvalue weighted by molar-refractivity contribution is -0.304. The normalized spacial score (nSPS) is 11.3. The van der Waals surface area contributed by atoms with Crippen molar-refractivity contribution in [1.82, 2.24) is 24.4 Å². The molecular formula is C21H27N6O4-. The summed E-state index contributed by atoms with van der Waals surface area (Å²) in [6.45, 7) is 4.09. The van der Waals surface area contributed by atoms with Crippen LogP contribution >= 0.6 is 0 Å². The highest BCUT2D eigenvalue weighted by Crippen LogP contribution is 2.18. The number of H-pyrrole nitrogens is 1. The number of aromatic amines is 1. The van der Waals surface area contributed by atoms with Gasteiger partial charge in [0.05, 0.1) is 6.61 Å². The number of imidazole rings is 1. The minimum atomic E-state index is -1.11. The van der Waals surface area contributed by atoms with Crippen LogP contribution in [0.1, 0.15) is 30.9 Å². The van der Waals surface area contributed by atoms with Crippen LogP contribution in [-0.2, 0) is 24.3 Å². The third kappa shape index (κ3) is 5.82. The Morgan fingerprint density at radius 3 is 2.84 bits per heavy atom. The van der Waals surface area contributed by atoms with Gasteiger partial charge in [-0.2, -0.15) is 9.97 Å². The molecule has 10 nitrogen and oxygen atoms in total. The van der Waals surface area contributed by atoms with Gasteiger partial charge in [-0.1, -0.05) is 37.6 Å². The Morgan fingerprint density at radius 2 is 2.10 bits per heavy atom. The quantitative estimate of drug-likeness (QED) is 0.416. The fourth-order valence-corrected chi connectivity index (χ4v) is 3.28. The van der Waals surface area contributed by atoms with Crippen molar-refractivity contribution in [3.05, 3.63) is 45.9 Å². The lowest BCUT2D eigenvalue weighted by atomic mass is 10.1. The number of unbranched alkanes of at least 4 members (excludes halogenated alkanes) is 1. The van der Waals surface area contributed by atoms with E-state index < -0.39 is 5.97 Å². The van der Waals surface area contributed by atoms with E-state index in [1.807, 2.05) is 30.1 Å². The molecule has 0 fully saturated rings. The number of ether oxygens (including phenoxy) is 1. The van der Waals surface area contributed by atoms with Crippen LogP contribution in [0.5, 0.6) is 6.01 Å². The number of rotatable bonds is 11. The van der Waals surface area contributed by atoms with Gasteiger partial charge in [0, 0.05) is 32.0 Å². The van der Waals surface area contributed by atoms with Gasteiger partial charge in [0.1, 0.15) is 5.52 Å². The van der Waals surface area contributed by atoms with Crippen LogP contribution in [-0.4, -0.2) is 50.6 Å². The Labute approximate surface area is 179 Å². The lowest BCUT2D eigenvalue weighted by Gasteiger charge is -2.17. The van der Waals surface area contributed by atoms with Gasteiger partial charge < -0.3 is 30.3 Å².